The van der Waals surface area contributed by atoms with Crippen molar-refractivity contribution in [1.82, 2.24) is 10.3 Å². The van der Waals surface area contributed by atoms with Gasteiger partial charge in [-0.05, 0) is 67.6 Å². The van der Waals surface area contributed by atoms with Crippen LogP contribution in [0.1, 0.15) is 29.7 Å². The lowest BCUT2D eigenvalue weighted by molar-refractivity contribution is -0.130. The van der Waals surface area contributed by atoms with E-state index in [9.17, 15) is 4.79 Å². The van der Waals surface area contributed by atoms with E-state index in [0.717, 1.165) is 52.7 Å². The second kappa shape index (κ2) is 7.73. The zero-order valence-electron chi connectivity index (χ0n) is 17.4. The molecule has 2 aliphatic rings. The molecule has 1 amide bonds. The Labute approximate surface area is 176 Å². The van der Waals surface area contributed by atoms with Gasteiger partial charge in [0.15, 0.2) is 0 Å². The average Bonchev–Trinajstić information content (AvgIpc) is 3.41. The summed E-state index contributed by atoms with van der Waals surface area (Å²) in [4.78, 5) is 16.9. The van der Waals surface area contributed by atoms with E-state index in [1.807, 2.05) is 13.0 Å². The lowest BCUT2D eigenvalue weighted by Crippen LogP contribution is -2.40. The van der Waals surface area contributed by atoms with Gasteiger partial charge >= 0.3 is 0 Å². The zero-order chi connectivity index (χ0) is 20.7. The predicted molar refractivity (Wildman–Crippen MR) is 117 cm³/mol. The first-order chi connectivity index (χ1) is 14.6. The highest BCUT2D eigenvalue weighted by atomic mass is 16.5. The van der Waals surface area contributed by atoms with Crippen molar-refractivity contribution in [2.75, 3.05) is 13.2 Å². The zero-order valence-corrected chi connectivity index (χ0v) is 17.4. The molecule has 154 valence electrons. The van der Waals surface area contributed by atoms with Gasteiger partial charge < -0.3 is 14.8 Å². The number of hydrogen-bond donors (Lipinski definition) is 1. The van der Waals surface area contributed by atoms with Crippen LogP contribution in [-0.4, -0.2) is 36.3 Å². The molecule has 1 fully saturated rings. The lowest BCUT2D eigenvalue weighted by atomic mass is 9.96. The summed E-state index contributed by atoms with van der Waals surface area (Å²) in [6.45, 7) is 5.29. The maximum atomic E-state index is 12.3. The minimum Gasteiger partial charge on any atom is -0.487 e. The van der Waals surface area contributed by atoms with Gasteiger partial charge in [-0.2, -0.15) is 0 Å². The van der Waals surface area contributed by atoms with Crippen LogP contribution in [-0.2, 0) is 16.0 Å². The Balaban J connectivity index is 1.38. The van der Waals surface area contributed by atoms with Gasteiger partial charge in [-0.3, -0.25) is 9.78 Å². The Kier molecular flexibility index (Phi) is 4.91. The number of amides is 1. The fourth-order valence-corrected chi connectivity index (χ4v) is 4.43. The minimum atomic E-state index is -0.304. The van der Waals surface area contributed by atoms with Crippen molar-refractivity contribution in [3.05, 3.63) is 59.3 Å². The van der Waals surface area contributed by atoms with Crippen LogP contribution in [0.2, 0.25) is 0 Å². The van der Waals surface area contributed by atoms with Crippen molar-refractivity contribution in [1.29, 1.82) is 0 Å². The topological polar surface area (TPSA) is 60.5 Å². The van der Waals surface area contributed by atoms with Crippen molar-refractivity contribution < 1.29 is 14.3 Å². The van der Waals surface area contributed by atoms with Gasteiger partial charge in [-0.15, -0.1) is 0 Å². The summed E-state index contributed by atoms with van der Waals surface area (Å²) >= 11 is 0. The Bertz CT molecular complexity index is 1120. The molecule has 5 heteroatoms. The second-order valence-electron chi connectivity index (χ2n) is 8.35. The van der Waals surface area contributed by atoms with Gasteiger partial charge in [-0.1, -0.05) is 18.2 Å². The van der Waals surface area contributed by atoms with Crippen molar-refractivity contribution in [2.45, 2.75) is 45.3 Å². The van der Waals surface area contributed by atoms with E-state index in [0.29, 0.717) is 13.2 Å². The lowest BCUT2D eigenvalue weighted by Gasteiger charge is -2.16. The molecular formula is C25H26N2O3. The molecule has 1 aromatic heterocycles. The summed E-state index contributed by atoms with van der Waals surface area (Å²) < 4.78 is 11.8. The number of fused-ring (bicyclic) bond motifs is 2. The molecule has 1 N–H and O–H groups in total. The Hall–Kier alpha value is -2.92. The van der Waals surface area contributed by atoms with Crippen LogP contribution in [0.4, 0.5) is 0 Å². The first-order valence-corrected chi connectivity index (χ1v) is 10.6. The van der Waals surface area contributed by atoms with Gasteiger partial charge in [-0.25, -0.2) is 0 Å². The summed E-state index contributed by atoms with van der Waals surface area (Å²) in [5.41, 5.74) is 6.64. The standard InChI is InChI=1S/C25H26N2O3/c1-15-10-19-13-20(14-26-25(28)23-4-3-9-29-23)30-24(19)21(11-15)17-7-8-22-18(12-17)6-5-16(2)27-22/h5-8,10-12,20,23H,3-4,9,13-14H2,1-2H3,(H,26,28)/t20-,23-/m0/s1. The van der Waals surface area contributed by atoms with Gasteiger partial charge in [0.2, 0.25) is 5.91 Å². The number of carbonyl (C=O) groups is 1. The van der Waals surface area contributed by atoms with Gasteiger partial charge in [0.1, 0.15) is 18.0 Å². The van der Waals surface area contributed by atoms with E-state index in [1.54, 1.807) is 0 Å². The molecule has 0 bridgehead atoms. The highest BCUT2D eigenvalue weighted by Crippen LogP contribution is 2.40. The van der Waals surface area contributed by atoms with Crippen LogP contribution < -0.4 is 10.1 Å². The van der Waals surface area contributed by atoms with Crippen LogP contribution >= 0.6 is 0 Å². The maximum absolute atomic E-state index is 12.3. The maximum Gasteiger partial charge on any atom is 0.249 e. The van der Waals surface area contributed by atoms with Crippen molar-refractivity contribution in [3.8, 4) is 16.9 Å². The number of nitrogens with zero attached hydrogens (tertiary/aromatic N) is 1. The van der Waals surface area contributed by atoms with E-state index in [1.165, 1.54) is 11.1 Å². The number of ether oxygens (including phenoxy) is 2. The molecule has 0 radical (unpaired) electrons. The third-order valence-corrected chi connectivity index (χ3v) is 5.91. The van der Waals surface area contributed by atoms with Crippen molar-refractivity contribution in [3.63, 3.8) is 0 Å². The summed E-state index contributed by atoms with van der Waals surface area (Å²) in [5.74, 6) is 0.900. The van der Waals surface area contributed by atoms with Crippen LogP contribution in [0.3, 0.4) is 0 Å². The second-order valence-corrected chi connectivity index (χ2v) is 8.35. The van der Waals surface area contributed by atoms with Crippen LogP contribution in [0.15, 0.2) is 42.5 Å². The Morgan fingerprint density at radius 2 is 2.07 bits per heavy atom. The molecule has 5 nitrogen and oxygen atoms in total. The number of rotatable bonds is 4. The third-order valence-electron chi connectivity index (χ3n) is 5.91. The highest BCUT2D eigenvalue weighted by Gasteiger charge is 2.29. The van der Waals surface area contributed by atoms with E-state index >= 15 is 0 Å². The quantitative estimate of drug-likeness (QED) is 0.713. The molecule has 30 heavy (non-hydrogen) atoms. The SMILES string of the molecule is Cc1cc2c(c(-c3ccc4nc(C)ccc4c3)c1)O[C@H](CNC(=O)[C@@H]1CCCO1)C2. The van der Waals surface area contributed by atoms with Gasteiger partial charge in [0.05, 0.1) is 12.1 Å². The minimum absolute atomic E-state index is 0.0271. The molecule has 0 spiro atoms. The van der Waals surface area contributed by atoms with E-state index < -0.39 is 0 Å². The van der Waals surface area contributed by atoms with E-state index in [4.69, 9.17) is 9.47 Å². The average molecular weight is 402 g/mol. The number of carbonyl (C=O) groups excluding carboxylic acids is 1. The first-order valence-electron chi connectivity index (χ1n) is 10.6. The van der Waals surface area contributed by atoms with Crippen molar-refractivity contribution >= 4 is 16.8 Å². The summed E-state index contributed by atoms with van der Waals surface area (Å²) in [5, 5.41) is 4.12. The molecule has 5 rings (SSSR count). The molecule has 2 atom stereocenters. The van der Waals surface area contributed by atoms with E-state index in [-0.39, 0.29) is 18.1 Å². The highest BCUT2D eigenvalue weighted by molar-refractivity contribution is 5.86. The molecule has 2 aliphatic heterocycles. The smallest absolute Gasteiger partial charge is 0.249 e. The molecule has 3 heterocycles. The predicted octanol–water partition coefficient (Wildman–Crippen LogP) is 4.12. The van der Waals surface area contributed by atoms with Crippen molar-refractivity contribution in [2.24, 2.45) is 0 Å². The molecule has 0 unspecified atom stereocenters. The molecular weight excluding hydrogens is 376 g/mol. The Morgan fingerprint density at radius 1 is 1.17 bits per heavy atom. The summed E-state index contributed by atoms with van der Waals surface area (Å²) in [6.07, 6.45) is 2.19. The number of benzene rings is 2. The molecule has 2 aromatic carbocycles. The molecule has 3 aromatic rings. The number of aryl methyl sites for hydroxylation is 2. The number of nitrogens with one attached hydrogen (secondary N) is 1. The third kappa shape index (κ3) is 3.65. The largest absolute Gasteiger partial charge is 0.487 e. The number of aromatic nitrogens is 1. The van der Waals surface area contributed by atoms with Gasteiger partial charge in [0, 0.05) is 29.7 Å². The summed E-state index contributed by atoms with van der Waals surface area (Å²) in [7, 11) is 0. The first kappa shape index (κ1) is 19.1. The van der Waals surface area contributed by atoms with Crippen LogP contribution in [0.5, 0.6) is 5.75 Å². The Morgan fingerprint density at radius 3 is 2.90 bits per heavy atom. The number of hydrogen-bond acceptors (Lipinski definition) is 4. The fourth-order valence-electron chi connectivity index (χ4n) is 4.43. The monoisotopic (exact) mass is 402 g/mol. The summed E-state index contributed by atoms with van der Waals surface area (Å²) in [6, 6.07) is 14.9. The fraction of sp³-hybridized carbons (Fsp3) is 0.360. The van der Waals surface area contributed by atoms with Crippen LogP contribution in [0.25, 0.3) is 22.0 Å². The molecule has 0 aliphatic carbocycles. The molecule has 1 saturated heterocycles. The number of pyridine rings is 1. The van der Waals surface area contributed by atoms with E-state index in [2.05, 4.69) is 53.6 Å². The van der Waals surface area contributed by atoms with Crippen LogP contribution in [0, 0.1) is 13.8 Å². The normalized spacial score (nSPS) is 20.2. The molecule has 0 saturated carbocycles. The van der Waals surface area contributed by atoms with Gasteiger partial charge in [0.25, 0.3) is 0 Å².